The second kappa shape index (κ2) is 6.58. The molecule has 0 aromatic heterocycles. The molecule has 0 aromatic carbocycles. The fourth-order valence-electron chi connectivity index (χ4n) is 1.16. The van der Waals surface area contributed by atoms with Gasteiger partial charge in [0.1, 0.15) is 5.78 Å². The number of hydrogen-bond donors (Lipinski definition) is 0. The topological polar surface area (TPSA) is 17.1 Å². The molecule has 0 unspecified atom stereocenters. The first-order chi connectivity index (χ1) is 6.43. The highest BCUT2D eigenvalue weighted by Gasteiger charge is 2.03. The number of carbonyl (C=O) groups is 1. The van der Waals surface area contributed by atoms with Gasteiger partial charge in [-0.25, -0.2) is 0 Å². The molecular formula is C13H22O. The molecule has 0 aliphatic carbocycles. The Hall–Kier alpha value is -0.850. The standard InChI is InChI=1S/C13H22O/c1-10(2)6-8-13(11(3)4)9-7-12(5)14/h6,8,11H,7,9H2,1-5H3/b13-8+. The van der Waals surface area contributed by atoms with Gasteiger partial charge in [-0.15, -0.1) is 0 Å². The maximum atomic E-state index is 10.9. The monoisotopic (exact) mass is 194 g/mol. The lowest BCUT2D eigenvalue weighted by Gasteiger charge is -2.09. The second-order valence-electron chi connectivity index (χ2n) is 4.34. The van der Waals surface area contributed by atoms with E-state index in [0.29, 0.717) is 12.3 Å². The van der Waals surface area contributed by atoms with E-state index in [0.717, 1.165) is 6.42 Å². The Balaban J connectivity index is 4.37. The molecule has 0 bridgehead atoms. The van der Waals surface area contributed by atoms with Gasteiger partial charge in [0.25, 0.3) is 0 Å². The first-order valence-electron chi connectivity index (χ1n) is 5.27. The number of carbonyl (C=O) groups excluding carboxylic acids is 1. The highest BCUT2D eigenvalue weighted by molar-refractivity contribution is 5.75. The largest absolute Gasteiger partial charge is 0.300 e. The normalized spacial score (nSPS) is 11.7. The van der Waals surface area contributed by atoms with Crippen molar-refractivity contribution in [3.05, 3.63) is 23.3 Å². The Bertz CT molecular complexity index is 240. The van der Waals surface area contributed by atoms with Crippen molar-refractivity contribution in [2.24, 2.45) is 5.92 Å². The zero-order chi connectivity index (χ0) is 11.1. The number of rotatable bonds is 5. The lowest BCUT2D eigenvalue weighted by atomic mass is 9.97. The zero-order valence-electron chi connectivity index (χ0n) is 10.1. The van der Waals surface area contributed by atoms with Gasteiger partial charge in [0, 0.05) is 6.42 Å². The number of hydrogen-bond acceptors (Lipinski definition) is 1. The van der Waals surface area contributed by atoms with Crippen LogP contribution in [-0.4, -0.2) is 5.78 Å². The number of allylic oxidation sites excluding steroid dienone is 4. The third-order valence-electron chi connectivity index (χ3n) is 2.14. The van der Waals surface area contributed by atoms with E-state index in [1.807, 2.05) is 0 Å². The van der Waals surface area contributed by atoms with Gasteiger partial charge >= 0.3 is 0 Å². The molecule has 0 saturated heterocycles. The van der Waals surface area contributed by atoms with Crippen LogP contribution in [0, 0.1) is 5.92 Å². The average Bonchev–Trinajstić information content (AvgIpc) is 2.02. The first-order valence-corrected chi connectivity index (χ1v) is 5.27. The molecular weight excluding hydrogens is 172 g/mol. The van der Waals surface area contributed by atoms with Gasteiger partial charge in [-0.1, -0.05) is 37.1 Å². The molecule has 1 nitrogen and oxygen atoms in total. The molecule has 0 aliphatic heterocycles. The van der Waals surface area contributed by atoms with Crippen molar-refractivity contribution >= 4 is 5.78 Å². The molecule has 0 amide bonds. The third-order valence-corrected chi connectivity index (χ3v) is 2.14. The van der Waals surface area contributed by atoms with Crippen molar-refractivity contribution in [2.75, 3.05) is 0 Å². The highest BCUT2D eigenvalue weighted by atomic mass is 16.1. The maximum absolute atomic E-state index is 10.9. The average molecular weight is 194 g/mol. The third kappa shape index (κ3) is 6.64. The van der Waals surface area contributed by atoms with Crippen LogP contribution in [0.15, 0.2) is 23.3 Å². The summed E-state index contributed by atoms with van der Waals surface area (Å²) >= 11 is 0. The van der Waals surface area contributed by atoms with Gasteiger partial charge in [-0.2, -0.15) is 0 Å². The molecule has 0 spiro atoms. The van der Waals surface area contributed by atoms with Crippen molar-refractivity contribution < 1.29 is 4.79 Å². The predicted molar refractivity (Wildman–Crippen MR) is 62.3 cm³/mol. The summed E-state index contributed by atoms with van der Waals surface area (Å²) < 4.78 is 0. The molecule has 0 aromatic rings. The van der Waals surface area contributed by atoms with E-state index < -0.39 is 0 Å². The molecule has 0 heterocycles. The Morgan fingerprint density at radius 3 is 2.00 bits per heavy atom. The fraction of sp³-hybridized carbons (Fsp3) is 0.615. The van der Waals surface area contributed by atoms with Crippen LogP contribution in [0.2, 0.25) is 0 Å². The van der Waals surface area contributed by atoms with E-state index in [-0.39, 0.29) is 5.78 Å². The Morgan fingerprint density at radius 1 is 1.07 bits per heavy atom. The Kier molecular flexibility index (Phi) is 6.18. The van der Waals surface area contributed by atoms with E-state index in [2.05, 4.69) is 39.8 Å². The van der Waals surface area contributed by atoms with Crippen molar-refractivity contribution in [3.63, 3.8) is 0 Å². The lowest BCUT2D eigenvalue weighted by molar-refractivity contribution is -0.116. The van der Waals surface area contributed by atoms with Gasteiger partial charge in [0.05, 0.1) is 0 Å². The molecule has 0 radical (unpaired) electrons. The van der Waals surface area contributed by atoms with E-state index in [1.165, 1.54) is 11.1 Å². The van der Waals surface area contributed by atoms with Crippen LogP contribution in [0.4, 0.5) is 0 Å². The smallest absolute Gasteiger partial charge is 0.130 e. The minimum atomic E-state index is 0.272. The SMILES string of the molecule is CC(=O)CC/C(=C\C=C(C)C)C(C)C. The van der Waals surface area contributed by atoms with Crippen LogP contribution in [-0.2, 0) is 4.79 Å². The fourth-order valence-corrected chi connectivity index (χ4v) is 1.16. The molecule has 0 N–H and O–H groups in total. The number of Topliss-reactive ketones (excluding diaryl/α,β-unsaturated/α-hetero) is 1. The predicted octanol–water partition coefficient (Wildman–Crippen LogP) is 3.90. The van der Waals surface area contributed by atoms with Crippen molar-refractivity contribution in [3.8, 4) is 0 Å². The molecule has 1 heteroatoms. The van der Waals surface area contributed by atoms with Crippen LogP contribution in [0.5, 0.6) is 0 Å². The van der Waals surface area contributed by atoms with Crippen LogP contribution < -0.4 is 0 Å². The van der Waals surface area contributed by atoms with Gasteiger partial charge in [0.2, 0.25) is 0 Å². The van der Waals surface area contributed by atoms with Gasteiger partial charge in [-0.05, 0) is 33.1 Å². The summed E-state index contributed by atoms with van der Waals surface area (Å²) in [5, 5.41) is 0. The van der Waals surface area contributed by atoms with Gasteiger partial charge in [0.15, 0.2) is 0 Å². The summed E-state index contributed by atoms with van der Waals surface area (Å²) in [6, 6.07) is 0. The molecule has 0 fully saturated rings. The molecule has 0 rings (SSSR count). The summed E-state index contributed by atoms with van der Waals surface area (Å²) in [5.74, 6) is 0.804. The summed E-state index contributed by atoms with van der Waals surface area (Å²) in [7, 11) is 0. The minimum Gasteiger partial charge on any atom is -0.300 e. The molecule has 80 valence electrons. The van der Waals surface area contributed by atoms with Crippen LogP contribution >= 0.6 is 0 Å². The van der Waals surface area contributed by atoms with E-state index in [1.54, 1.807) is 6.92 Å². The molecule has 0 aliphatic rings. The van der Waals surface area contributed by atoms with Crippen LogP contribution in [0.1, 0.15) is 47.5 Å². The van der Waals surface area contributed by atoms with E-state index in [4.69, 9.17) is 0 Å². The van der Waals surface area contributed by atoms with Gasteiger partial charge < -0.3 is 4.79 Å². The summed E-state index contributed by atoms with van der Waals surface area (Å²) in [5.41, 5.74) is 2.66. The highest BCUT2D eigenvalue weighted by Crippen LogP contribution is 2.16. The van der Waals surface area contributed by atoms with E-state index in [9.17, 15) is 4.79 Å². The lowest BCUT2D eigenvalue weighted by Crippen LogP contribution is -1.98. The molecule has 14 heavy (non-hydrogen) atoms. The number of ketones is 1. The minimum absolute atomic E-state index is 0.272. The summed E-state index contributed by atoms with van der Waals surface area (Å²) in [4.78, 5) is 10.9. The van der Waals surface area contributed by atoms with E-state index >= 15 is 0 Å². The maximum Gasteiger partial charge on any atom is 0.130 e. The van der Waals surface area contributed by atoms with Crippen LogP contribution in [0.3, 0.4) is 0 Å². The van der Waals surface area contributed by atoms with Crippen molar-refractivity contribution in [1.82, 2.24) is 0 Å². The molecule has 0 saturated carbocycles. The molecule has 0 atom stereocenters. The van der Waals surface area contributed by atoms with Gasteiger partial charge in [-0.3, -0.25) is 0 Å². The summed E-state index contributed by atoms with van der Waals surface area (Å²) in [6.07, 6.45) is 5.84. The second-order valence-corrected chi connectivity index (χ2v) is 4.34. The quantitative estimate of drug-likeness (QED) is 0.606. The van der Waals surface area contributed by atoms with Crippen LogP contribution in [0.25, 0.3) is 0 Å². The van der Waals surface area contributed by atoms with Crippen molar-refractivity contribution in [1.29, 1.82) is 0 Å². The van der Waals surface area contributed by atoms with Crippen molar-refractivity contribution in [2.45, 2.75) is 47.5 Å². The Morgan fingerprint density at radius 2 is 1.64 bits per heavy atom. The Labute approximate surface area is 87.9 Å². The zero-order valence-corrected chi connectivity index (χ0v) is 10.1. The first kappa shape index (κ1) is 13.2. The summed E-state index contributed by atoms with van der Waals surface area (Å²) in [6.45, 7) is 10.2.